The van der Waals surface area contributed by atoms with Crippen LogP contribution in [0.1, 0.15) is 12.0 Å². The van der Waals surface area contributed by atoms with Gasteiger partial charge in [-0.25, -0.2) is 17.5 Å². The lowest BCUT2D eigenvalue weighted by atomic mass is 10.2. The van der Waals surface area contributed by atoms with E-state index in [0.29, 0.717) is 22.0 Å². The lowest BCUT2D eigenvalue weighted by Crippen LogP contribution is -2.34. The van der Waals surface area contributed by atoms with Crippen LogP contribution in [0.2, 0.25) is 5.02 Å². The Kier molecular flexibility index (Phi) is 6.41. The minimum absolute atomic E-state index is 0.146. The van der Waals surface area contributed by atoms with Gasteiger partial charge >= 0.3 is 6.03 Å². The second-order valence-electron chi connectivity index (χ2n) is 5.86. The van der Waals surface area contributed by atoms with Crippen molar-refractivity contribution in [2.75, 3.05) is 39.5 Å². The van der Waals surface area contributed by atoms with E-state index < -0.39 is 16.1 Å². The number of rotatable bonds is 7. The van der Waals surface area contributed by atoms with Crippen molar-refractivity contribution in [3.05, 3.63) is 22.7 Å². The SMILES string of the molecule is Cc1cc(S(=O)(=O)N2CCNC2=O)c(SCCCN(C)C)cc1Cl. The lowest BCUT2D eigenvalue weighted by molar-refractivity contribution is 0.235. The average molecular weight is 392 g/mol. The molecule has 6 nitrogen and oxygen atoms in total. The summed E-state index contributed by atoms with van der Waals surface area (Å²) in [6.07, 6.45) is 0.923. The zero-order chi connectivity index (χ0) is 17.9. The lowest BCUT2D eigenvalue weighted by Gasteiger charge is -2.18. The highest BCUT2D eigenvalue weighted by Gasteiger charge is 2.34. The molecule has 0 bridgehead atoms. The standard InChI is InChI=1S/C15H22ClN3O3S2/c1-11-9-14(24(21,22)19-7-5-17-15(19)20)13(10-12(11)16)23-8-4-6-18(2)3/h9-10H,4-8H2,1-3H3,(H,17,20). The summed E-state index contributed by atoms with van der Waals surface area (Å²) in [4.78, 5) is 14.6. The molecule has 0 spiro atoms. The molecule has 9 heteroatoms. The highest BCUT2D eigenvalue weighted by Crippen LogP contribution is 2.34. The van der Waals surface area contributed by atoms with Crippen LogP contribution < -0.4 is 5.32 Å². The quantitative estimate of drug-likeness (QED) is 0.571. The van der Waals surface area contributed by atoms with Crippen LogP contribution in [0.5, 0.6) is 0 Å². The number of carbonyl (C=O) groups is 1. The number of benzene rings is 1. The Morgan fingerprint density at radius 1 is 1.38 bits per heavy atom. The first-order valence-electron chi connectivity index (χ1n) is 7.61. The monoisotopic (exact) mass is 391 g/mol. The maximum absolute atomic E-state index is 12.9. The second-order valence-corrected chi connectivity index (χ2v) is 9.24. The fourth-order valence-electron chi connectivity index (χ4n) is 2.32. The van der Waals surface area contributed by atoms with E-state index in [1.807, 2.05) is 14.1 Å². The Morgan fingerprint density at radius 2 is 2.08 bits per heavy atom. The molecule has 0 aliphatic carbocycles. The topological polar surface area (TPSA) is 69.7 Å². The minimum atomic E-state index is -3.88. The third kappa shape index (κ3) is 4.36. The molecular weight excluding hydrogens is 370 g/mol. The molecule has 1 aromatic carbocycles. The van der Waals surface area contributed by atoms with Crippen LogP contribution in [-0.2, 0) is 10.0 Å². The number of nitrogens with zero attached hydrogens (tertiary/aromatic N) is 2. The number of aryl methyl sites for hydroxylation is 1. The molecule has 0 unspecified atom stereocenters. The molecule has 1 aliphatic rings. The molecule has 2 amide bonds. The van der Waals surface area contributed by atoms with Crippen LogP contribution in [-0.4, -0.2) is 63.1 Å². The van der Waals surface area contributed by atoms with E-state index in [9.17, 15) is 13.2 Å². The van der Waals surface area contributed by atoms with E-state index in [4.69, 9.17) is 11.6 Å². The van der Waals surface area contributed by atoms with Crippen molar-refractivity contribution < 1.29 is 13.2 Å². The Balaban J connectivity index is 2.30. The number of hydrogen-bond acceptors (Lipinski definition) is 5. The molecule has 0 saturated carbocycles. The molecule has 1 fully saturated rings. The van der Waals surface area contributed by atoms with Gasteiger partial charge in [0.15, 0.2) is 0 Å². The number of nitrogens with one attached hydrogen (secondary N) is 1. The summed E-state index contributed by atoms with van der Waals surface area (Å²) in [6.45, 7) is 3.15. The van der Waals surface area contributed by atoms with Gasteiger partial charge in [0.25, 0.3) is 10.0 Å². The normalized spacial score (nSPS) is 15.2. The Hall–Kier alpha value is -0.960. The fourth-order valence-corrected chi connectivity index (χ4v) is 5.42. The Bertz CT molecular complexity index is 723. The largest absolute Gasteiger partial charge is 0.335 e. The number of hydrogen-bond donors (Lipinski definition) is 1. The highest BCUT2D eigenvalue weighted by atomic mass is 35.5. The van der Waals surface area contributed by atoms with Gasteiger partial charge in [0.2, 0.25) is 0 Å². The van der Waals surface area contributed by atoms with Crippen molar-refractivity contribution >= 4 is 39.4 Å². The van der Waals surface area contributed by atoms with Gasteiger partial charge in [0, 0.05) is 16.5 Å². The summed E-state index contributed by atoms with van der Waals surface area (Å²) in [5, 5.41) is 3.05. The van der Waals surface area contributed by atoms with E-state index in [-0.39, 0.29) is 11.4 Å². The summed E-state index contributed by atoms with van der Waals surface area (Å²) in [5.74, 6) is 0.770. The fraction of sp³-hybridized carbons (Fsp3) is 0.533. The summed E-state index contributed by atoms with van der Waals surface area (Å²) in [7, 11) is 0.111. The van der Waals surface area contributed by atoms with Gasteiger partial charge < -0.3 is 10.2 Å². The number of carbonyl (C=O) groups excluding carboxylic acids is 1. The van der Waals surface area contributed by atoms with Crippen molar-refractivity contribution in [2.24, 2.45) is 0 Å². The van der Waals surface area contributed by atoms with E-state index in [1.54, 1.807) is 19.1 Å². The van der Waals surface area contributed by atoms with Crippen molar-refractivity contribution in [3.63, 3.8) is 0 Å². The van der Waals surface area contributed by atoms with E-state index in [2.05, 4.69) is 10.2 Å². The van der Waals surface area contributed by atoms with Crippen molar-refractivity contribution in [2.45, 2.75) is 23.1 Å². The van der Waals surface area contributed by atoms with Crippen molar-refractivity contribution in [1.29, 1.82) is 0 Å². The van der Waals surface area contributed by atoms with Crippen LogP contribution in [0.25, 0.3) is 0 Å². The Labute approximate surface area is 152 Å². The van der Waals surface area contributed by atoms with E-state index >= 15 is 0 Å². The summed E-state index contributed by atoms with van der Waals surface area (Å²) in [6, 6.07) is 2.65. The average Bonchev–Trinajstić information content (AvgIpc) is 2.93. The van der Waals surface area contributed by atoms with E-state index in [0.717, 1.165) is 23.0 Å². The minimum Gasteiger partial charge on any atom is -0.335 e. The molecule has 1 saturated heterocycles. The molecule has 24 heavy (non-hydrogen) atoms. The Morgan fingerprint density at radius 3 is 2.67 bits per heavy atom. The predicted octanol–water partition coefficient (Wildman–Crippen LogP) is 2.41. The first-order chi connectivity index (χ1) is 11.2. The van der Waals surface area contributed by atoms with Gasteiger partial charge in [-0.2, -0.15) is 0 Å². The molecular formula is C15H22ClN3O3S2. The third-order valence-electron chi connectivity index (χ3n) is 3.62. The number of thioether (sulfide) groups is 1. The predicted molar refractivity (Wildman–Crippen MR) is 97.4 cm³/mol. The summed E-state index contributed by atoms with van der Waals surface area (Å²) in [5.41, 5.74) is 0.674. The van der Waals surface area contributed by atoms with Crippen LogP contribution >= 0.6 is 23.4 Å². The maximum atomic E-state index is 12.9. The third-order valence-corrected chi connectivity index (χ3v) is 7.12. The first kappa shape index (κ1) is 19.4. The van der Waals surface area contributed by atoms with Crippen LogP contribution in [0.4, 0.5) is 4.79 Å². The van der Waals surface area contributed by atoms with Gasteiger partial charge in [-0.1, -0.05) is 11.6 Å². The first-order valence-corrected chi connectivity index (χ1v) is 10.4. The molecule has 1 aromatic rings. The van der Waals surface area contributed by atoms with E-state index in [1.165, 1.54) is 11.8 Å². The number of halogens is 1. The van der Waals surface area contributed by atoms with Gasteiger partial charge in [-0.15, -0.1) is 11.8 Å². The molecule has 2 rings (SSSR count). The number of urea groups is 1. The second kappa shape index (κ2) is 7.95. The van der Waals surface area contributed by atoms with Crippen LogP contribution in [0.15, 0.2) is 21.9 Å². The highest BCUT2D eigenvalue weighted by molar-refractivity contribution is 8.00. The molecule has 0 radical (unpaired) electrons. The number of amides is 2. The van der Waals surface area contributed by atoms with Crippen molar-refractivity contribution in [3.8, 4) is 0 Å². The molecule has 1 N–H and O–H groups in total. The zero-order valence-corrected chi connectivity index (χ0v) is 16.4. The van der Waals surface area contributed by atoms with Crippen molar-refractivity contribution in [1.82, 2.24) is 14.5 Å². The molecule has 0 atom stereocenters. The smallest absolute Gasteiger partial charge is 0.331 e. The molecule has 1 aliphatic heterocycles. The van der Waals surface area contributed by atoms with Crippen LogP contribution in [0.3, 0.4) is 0 Å². The number of sulfonamides is 1. The zero-order valence-electron chi connectivity index (χ0n) is 14.0. The van der Waals surface area contributed by atoms with Gasteiger partial charge in [0.05, 0.1) is 6.54 Å². The van der Waals surface area contributed by atoms with Gasteiger partial charge in [0.1, 0.15) is 4.90 Å². The molecule has 134 valence electrons. The summed E-state index contributed by atoms with van der Waals surface area (Å²) < 4.78 is 26.6. The maximum Gasteiger partial charge on any atom is 0.331 e. The van der Waals surface area contributed by atoms with Gasteiger partial charge in [-0.3, -0.25) is 0 Å². The van der Waals surface area contributed by atoms with Gasteiger partial charge in [-0.05, 0) is 57.4 Å². The molecule has 1 heterocycles. The molecule has 0 aromatic heterocycles. The van der Waals surface area contributed by atoms with Crippen LogP contribution in [0, 0.1) is 6.92 Å². The summed E-state index contributed by atoms with van der Waals surface area (Å²) >= 11 is 7.63.